The van der Waals surface area contributed by atoms with Gasteiger partial charge in [-0.2, -0.15) is 13.2 Å². The lowest BCUT2D eigenvalue weighted by Gasteiger charge is -2.38. The molecule has 8 nitrogen and oxygen atoms in total. The van der Waals surface area contributed by atoms with E-state index in [0.29, 0.717) is 26.2 Å². The summed E-state index contributed by atoms with van der Waals surface area (Å²) in [5.41, 5.74) is 0.761. The third kappa shape index (κ3) is 7.01. The molecule has 0 radical (unpaired) electrons. The fourth-order valence-corrected chi connectivity index (χ4v) is 4.24. The fraction of sp³-hybridized carbons (Fsp3) is 0.458. The van der Waals surface area contributed by atoms with Crippen LogP contribution in [0, 0.1) is 5.82 Å². The summed E-state index contributed by atoms with van der Waals surface area (Å²) in [4.78, 5) is 41.7. The maximum atomic E-state index is 15.8. The average molecular weight is 564 g/mol. The minimum Gasteiger partial charge on any atom is -0.322 e. The molecule has 1 aliphatic carbocycles. The number of carbonyl (C=O) groups excluding carboxylic acids is 3. The molecule has 1 fully saturated rings. The maximum Gasteiger partial charge on any atom is 0.472 e. The molecule has 0 bridgehead atoms. The minimum absolute atomic E-state index is 0.0920. The first kappa shape index (κ1) is 29.4. The molecule has 4 amide bonds. The molecule has 1 aromatic carbocycles. The predicted octanol–water partition coefficient (Wildman–Crippen LogP) is 3.74. The van der Waals surface area contributed by atoms with Gasteiger partial charge in [0.1, 0.15) is 11.5 Å². The van der Waals surface area contributed by atoms with Crippen LogP contribution >= 0.6 is 11.6 Å². The van der Waals surface area contributed by atoms with Crippen molar-refractivity contribution in [1.29, 1.82) is 0 Å². The number of likely N-dealkylation sites (N-methyl/N-ethyl adjacent to an activating group) is 1. The standard InChI is InChI=1S/C24H27ClF5N5O3/c1-3-33-8-10-34(11-9-33)22(38)35(17-6-7-19(26)18(25)12-17)14-16-5-4-15(13-23(16,2)27)20(36)31-32-21(37)24(28,29)30/h4-7,12H,3,8-11,13-14H2,1-2H3,(H,31,36)(H,32,37). The van der Waals surface area contributed by atoms with E-state index in [9.17, 15) is 31.9 Å². The second-order valence-corrected chi connectivity index (χ2v) is 9.46. The smallest absolute Gasteiger partial charge is 0.322 e. The number of alkyl halides is 4. The number of nitrogens with zero attached hydrogens (tertiary/aromatic N) is 3. The van der Waals surface area contributed by atoms with E-state index in [1.165, 1.54) is 34.6 Å². The van der Waals surface area contributed by atoms with Gasteiger partial charge in [0.15, 0.2) is 0 Å². The Morgan fingerprint density at radius 2 is 1.76 bits per heavy atom. The Bertz CT molecular complexity index is 1150. The molecule has 1 saturated heterocycles. The summed E-state index contributed by atoms with van der Waals surface area (Å²) in [5, 5.41) is -0.225. The summed E-state index contributed by atoms with van der Waals surface area (Å²) in [5.74, 6) is -4.19. The van der Waals surface area contributed by atoms with E-state index in [2.05, 4.69) is 4.90 Å². The molecule has 14 heteroatoms. The van der Waals surface area contributed by atoms with Crippen molar-refractivity contribution in [3.63, 3.8) is 0 Å². The Hall–Kier alpha value is -3.19. The van der Waals surface area contributed by atoms with Crippen molar-refractivity contribution in [3.8, 4) is 0 Å². The average Bonchev–Trinajstić information content (AvgIpc) is 2.86. The lowest BCUT2D eigenvalue weighted by molar-refractivity contribution is -0.175. The van der Waals surface area contributed by atoms with Gasteiger partial charge in [0, 0.05) is 43.9 Å². The van der Waals surface area contributed by atoms with Crippen molar-refractivity contribution >= 4 is 35.1 Å². The summed E-state index contributed by atoms with van der Waals surface area (Å²) in [6.45, 7) is 5.88. The molecule has 2 N–H and O–H groups in total. The molecule has 38 heavy (non-hydrogen) atoms. The fourth-order valence-electron chi connectivity index (χ4n) is 4.06. The zero-order chi connectivity index (χ0) is 28.3. The van der Waals surface area contributed by atoms with Crippen molar-refractivity contribution in [2.45, 2.75) is 32.1 Å². The summed E-state index contributed by atoms with van der Waals surface area (Å²) < 4.78 is 66.6. The second kappa shape index (κ2) is 11.7. The van der Waals surface area contributed by atoms with Crippen LogP contribution in [0.2, 0.25) is 5.02 Å². The SMILES string of the molecule is CCN1CCN(C(=O)N(CC2=CC=C(C(=O)NNC(=O)C(F)(F)F)CC2(C)F)c2ccc(F)c(Cl)c2)CC1. The number of hydrazine groups is 1. The van der Waals surface area contributed by atoms with E-state index >= 15 is 4.39 Å². The van der Waals surface area contributed by atoms with Gasteiger partial charge in [0.05, 0.1) is 11.6 Å². The normalized spacial score (nSPS) is 20.4. The molecule has 208 valence electrons. The highest BCUT2D eigenvalue weighted by atomic mass is 35.5. The second-order valence-electron chi connectivity index (χ2n) is 9.05. The minimum atomic E-state index is -5.21. The van der Waals surface area contributed by atoms with Gasteiger partial charge in [0.25, 0.3) is 5.91 Å². The molecule has 1 aromatic rings. The van der Waals surface area contributed by atoms with Gasteiger partial charge >= 0.3 is 18.1 Å². The van der Waals surface area contributed by atoms with Crippen LogP contribution in [0.15, 0.2) is 41.5 Å². The molecule has 0 spiro atoms. The molecule has 1 heterocycles. The Kier molecular flexibility index (Phi) is 9.03. The number of carbonyl (C=O) groups is 3. The number of halogens is 6. The molecule has 0 aromatic heterocycles. The summed E-state index contributed by atoms with van der Waals surface area (Å²) >= 11 is 5.94. The van der Waals surface area contributed by atoms with Gasteiger partial charge in [-0.25, -0.2) is 13.6 Å². The maximum absolute atomic E-state index is 15.8. The van der Waals surface area contributed by atoms with Gasteiger partial charge in [-0.15, -0.1) is 0 Å². The van der Waals surface area contributed by atoms with Gasteiger partial charge in [-0.1, -0.05) is 30.7 Å². The first-order chi connectivity index (χ1) is 17.7. The number of urea groups is 1. The lowest BCUT2D eigenvalue weighted by atomic mass is 9.85. The van der Waals surface area contributed by atoms with Gasteiger partial charge in [-0.3, -0.25) is 25.3 Å². The van der Waals surface area contributed by atoms with Crippen LogP contribution in [0.1, 0.15) is 20.3 Å². The van der Waals surface area contributed by atoms with Crippen LogP contribution in [0.3, 0.4) is 0 Å². The van der Waals surface area contributed by atoms with Crippen LogP contribution in [-0.2, 0) is 9.59 Å². The molecule has 0 saturated carbocycles. The topological polar surface area (TPSA) is 85.0 Å². The van der Waals surface area contributed by atoms with E-state index in [4.69, 9.17) is 11.6 Å². The first-order valence-corrected chi connectivity index (χ1v) is 12.1. The Morgan fingerprint density at radius 3 is 2.32 bits per heavy atom. The number of piperazine rings is 1. The zero-order valence-corrected chi connectivity index (χ0v) is 21.4. The quantitative estimate of drug-likeness (QED) is 0.422. The molecule has 1 aliphatic heterocycles. The van der Waals surface area contributed by atoms with Crippen LogP contribution in [0.4, 0.5) is 32.4 Å². The van der Waals surface area contributed by atoms with Crippen molar-refractivity contribution in [2.24, 2.45) is 0 Å². The van der Waals surface area contributed by atoms with E-state index in [0.717, 1.165) is 19.5 Å². The predicted molar refractivity (Wildman–Crippen MR) is 130 cm³/mol. The third-order valence-electron chi connectivity index (χ3n) is 6.38. The highest BCUT2D eigenvalue weighted by Crippen LogP contribution is 2.35. The van der Waals surface area contributed by atoms with Gasteiger partial charge in [-0.05, 0) is 37.2 Å². The number of amides is 4. The number of allylic oxidation sites excluding steroid dienone is 2. The molecular formula is C24H27ClF5N5O3. The van der Waals surface area contributed by atoms with Crippen LogP contribution in [-0.4, -0.2) is 78.8 Å². The van der Waals surface area contributed by atoms with E-state index < -0.39 is 41.9 Å². The molecule has 1 atom stereocenters. The number of hydrogen-bond donors (Lipinski definition) is 2. The van der Waals surface area contributed by atoms with Crippen molar-refractivity contribution in [1.82, 2.24) is 20.7 Å². The van der Waals surface area contributed by atoms with E-state index in [-0.39, 0.29) is 28.4 Å². The third-order valence-corrected chi connectivity index (χ3v) is 6.67. The monoisotopic (exact) mass is 563 g/mol. The van der Waals surface area contributed by atoms with Crippen molar-refractivity contribution in [2.75, 3.05) is 44.2 Å². The van der Waals surface area contributed by atoms with Crippen LogP contribution in [0.5, 0.6) is 0 Å². The highest BCUT2D eigenvalue weighted by Gasteiger charge is 2.40. The summed E-state index contributed by atoms with van der Waals surface area (Å²) in [6.07, 6.45) is -3.29. The van der Waals surface area contributed by atoms with E-state index in [1.54, 1.807) is 10.3 Å². The van der Waals surface area contributed by atoms with Crippen molar-refractivity contribution < 1.29 is 36.3 Å². The number of anilines is 1. The number of nitrogens with one attached hydrogen (secondary N) is 2. The molecule has 2 aliphatic rings. The van der Waals surface area contributed by atoms with Crippen molar-refractivity contribution in [3.05, 3.63) is 52.3 Å². The lowest BCUT2D eigenvalue weighted by Crippen LogP contribution is -2.53. The zero-order valence-electron chi connectivity index (χ0n) is 20.7. The summed E-state index contributed by atoms with van der Waals surface area (Å²) in [6, 6.07) is 3.25. The summed E-state index contributed by atoms with van der Waals surface area (Å²) in [7, 11) is 0. The highest BCUT2D eigenvalue weighted by molar-refractivity contribution is 6.31. The number of rotatable bonds is 5. The van der Waals surface area contributed by atoms with E-state index in [1.807, 2.05) is 6.92 Å². The first-order valence-electron chi connectivity index (χ1n) is 11.7. The molecular weight excluding hydrogens is 537 g/mol. The Morgan fingerprint density at radius 1 is 1.11 bits per heavy atom. The largest absolute Gasteiger partial charge is 0.472 e. The number of hydrogen-bond acceptors (Lipinski definition) is 4. The Balaban J connectivity index is 1.83. The molecule has 3 rings (SSSR count). The number of benzene rings is 1. The molecule has 1 unspecified atom stereocenters. The van der Waals surface area contributed by atoms with Crippen LogP contribution in [0.25, 0.3) is 0 Å². The van der Waals surface area contributed by atoms with Gasteiger partial charge < -0.3 is 9.80 Å². The Labute approximate surface area is 221 Å². The van der Waals surface area contributed by atoms with Crippen LogP contribution < -0.4 is 15.8 Å². The van der Waals surface area contributed by atoms with Gasteiger partial charge in [0.2, 0.25) is 0 Å².